The molecule has 1 aliphatic heterocycles. The molecule has 1 amide bonds. The molecule has 1 aliphatic rings. The van der Waals surface area contributed by atoms with E-state index in [0.29, 0.717) is 25.1 Å². The zero-order valence-electron chi connectivity index (χ0n) is 19.1. The summed E-state index contributed by atoms with van der Waals surface area (Å²) in [6.45, 7) is 3.18. The van der Waals surface area contributed by atoms with Crippen LogP contribution in [-0.4, -0.2) is 43.4 Å². The summed E-state index contributed by atoms with van der Waals surface area (Å²) in [4.78, 5) is 15.3. The molecule has 1 saturated heterocycles. The molecule has 5 nitrogen and oxygen atoms in total. The minimum Gasteiger partial charge on any atom is -0.494 e. The Balaban J connectivity index is 1.57. The average Bonchev–Trinajstić information content (AvgIpc) is 3.19. The number of unbranched alkanes of at least 4 members (excludes halogenated alkanes) is 2. The van der Waals surface area contributed by atoms with E-state index >= 15 is 0 Å². The fourth-order valence-electron chi connectivity index (χ4n) is 4.40. The fraction of sp³-hybridized carbons (Fsp3) is 0.370. The third kappa shape index (κ3) is 5.74. The van der Waals surface area contributed by atoms with Crippen molar-refractivity contribution in [2.75, 3.05) is 18.1 Å². The van der Waals surface area contributed by atoms with E-state index in [2.05, 4.69) is 6.92 Å². The number of hydrogen-bond donors (Lipinski definition) is 0. The zero-order valence-corrected chi connectivity index (χ0v) is 19.9. The van der Waals surface area contributed by atoms with Gasteiger partial charge in [0.05, 0.1) is 18.1 Å². The summed E-state index contributed by atoms with van der Waals surface area (Å²) < 4.78 is 30.2. The van der Waals surface area contributed by atoms with Crippen molar-refractivity contribution in [3.05, 3.63) is 77.9 Å². The summed E-state index contributed by atoms with van der Waals surface area (Å²) in [6.07, 6.45) is 3.74. The van der Waals surface area contributed by atoms with Crippen molar-refractivity contribution < 1.29 is 17.9 Å². The Morgan fingerprint density at radius 2 is 1.76 bits per heavy atom. The highest BCUT2D eigenvalue weighted by Gasteiger charge is 2.35. The van der Waals surface area contributed by atoms with Gasteiger partial charge in [-0.15, -0.1) is 0 Å². The number of carbonyl (C=O) groups is 1. The third-order valence-corrected chi connectivity index (χ3v) is 8.00. The van der Waals surface area contributed by atoms with Gasteiger partial charge in [-0.2, -0.15) is 0 Å². The second-order valence-corrected chi connectivity index (χ2v) is 10.9. The molecular formula is C27H31NO4S. The molecule has 3 aromatic carbocycles. The first-order chi connectivity index (χ1) is 16.0. The molecule has 0 bridgehead atoms. The van der Waals surface area contributed by atoms with Gasteiger partial charge < -0.3 is 9.64 Å². The quantitative estimate of drug-likeness (QED) is 0.406. The van der Waals surface area contributed by atoms with Crippen LogP contribution in [0.5, 0.6) is 5.75 Å². The highest BCUT2D eigenvalue weighted by molar-refractivity contribution is 7.91. The molecule has 3 aromatic rings. The van der Waals surface area contributed by atoms with Gasteiger partial charge in [0, 0.05) is 18.2 Å². The molecule has 0 aliphatic carbocycles. The maximum absolute atomic E-state index is 13.6. The first kappa shape index (κ1) is 23.3. The number of nitrogens with zero attached hydrogens (tertiary/aromatic N) is 1. The number of ether oxygens (including phenoxy) is 1. The van der Waals surface area contributed by atoms with Crippen molar-refractivity contribution >= 4 is 26.5 Å². The van der Waals surface area contributed by atoms with Crippen molar-refractivity contribution in [3.8, 4) is 5.75 Å². The van der Waals surface area contributed by atoms with E-state index in [4.69, 9.17) is 4.74 Å². The lowest BCUT2D eigenvalue weighted by atomic mass is 10.0. The van der Waals surface area contributed by atoms with E-state index in [1.807, 2.05) is 54.6 Å². The monoisotopic (exact) mass is 465 g/mol. The normalized spacial score (nSPS) is 17.2. The van der Waals surface area contributed by atoms with Crippen LogP contribution in [0.2, 0.25) is 0 Å². The second-order valence-electron chi connectivity index (χ2n) is 8.71. The van der Waals surface area contributed by atoms with Gasteiger partial charge in [0.25, 0.3) is 5.91 Å². The number of sulfone groups is 1. The van der Waals surface area contributed by atoms with Crippen molar-refractivity contribution in [1.82, 2.24) is 4.90 Å². The fourth-order valence-corrected chi connectivity index (χ4v) is 6.13. The van der Waals surface area contributed by atoms with Gasteiger partial charge in [0.2, 0.25) is 0 Å². The van der Waals surface area contributed by atoms with Crippen LogP contribution in [-0.2, 0) is 16.4 Å². The zero-order chi connectivity index (χ0) is 23.3. The van der Waals surface area contributed by atoms with Crippen LogP contribution in [0.4, 0.5) is 0 Å². The van der Waals surface area contributed by atoms with Gasteiger partial charge in [-0.05, 0) is 53.4 Å². The van der Waals surface area contributed by atoms with Crippen LogP contribution in [0.25, 0.3) is 10.8 Å². The van der Waals surface area contributed by atoms with Crippen molar-refractivity contribution in [1.29, 1.82) is 0 Å². The second kappa shape index (κ2) is 10.4. The lowest BCUT2D eigenvalue weighted by molar-refractivity contribution is 0.0682. The van der Waals surface area contributed by atoms with Crippen LogP contribution in [0.15, 0.2) is 66.7 Å². The standard InChI is InChI=1S/C27H31NO4S/c1-2-3-6-17-32-25-14-12-22(13-15-25)27(29)28(24-16-18-33(30,31)20-24)19-23-10-7-9-21-8-4-5-11-26(21)23/h4-5,7-15,24H,2-3,6,16-20H2,1H3. The van der Waals surface area contributed by atoms with Crippen LogP contribution in [0.1, 0.15) is 48.5 Å². The molecule has 0 spiro atoms. The molecule has 1 heterocycles. The SMILES string of the molecule is CCCCCOc1ccc(C(=O)N(Cc2cccc3ccccc23)C2CCS(=O)(=O)C2)cc1. The highest BCUT2D eigenvalue weighted by Crippen LogP contribution is 2.26. The molecular weight excluding hydrogens is 434 g/mol. The van der Waals surface area contributed by atoms with Crippen LogP contribution in [0.3, 0.4) is 0 Å². The van der Waals surface area contributed by atoms with Crippen molar-refractivity contribution in [3.63, 3.8) is 0 Å². The molecule has 0 saturated carbocycles. The molecule has 0 radical (unpaired) electrons. The molecule has 0 N–H and O–H groups in total. The van der Waals surface area contributed by atoms with E-state index in [9.17, 15) is 13.2 Å². The van der Waals surface area contributed by atoms with E-state index in [-0.39, 0.29) is 23.5 Å². The van der Waals surface area contributed by atoms with Gasteiger partial charge in [-0.3, -0.25) is 4.79 Å². The molecule has 1 unspecified atom stereocenters. The summed E-state index contributed by atoms with van der Waals surface area (Å²) >= 11 is 0. The molecule has 174 valence electrons. The third-order valence-electron chi connectivity index (χ3n) is 6.25. The van der Waals surface area contributed by atoms with Gasteiger partial charge in [0.1, 0.15) is 5.75 Å². The Hall–Kier alpha value is -2.86. The molecule has 33 heavy (non-hydrogen) atoms. The summed E-state index contributed by atoms with van der Waals surface area (Å²) in [6, 6.07) is 21.0. The van der Waals surface area contributed by atoms with E-state index < -0.39 is 9.84 Å². The number of benzene rings is 3. The molecule has 0 aromatic heterocycles. The summed E-state index contributed by atoms with van der Waals surface area (Å²) in [5.41, 5.74) is 1.56. The van der Waals surface area contributed by atoms with Crippen molar-refractivity contribution in [2.45, 2.75) is 45.2 Å². The van der Waals surface area contributed by atoms with Crippen LogP contribution < -0.4 is 4.74 Å². The predicted octanol–water partition coefficient (Wildman–Crippen LogP) is 5.24. The molecule has 6 heteroatoms. The largest absolute Gasteiger partial charge is 0.494 e. The first-order valence-electron chi connectivity index (χ1n) is 11.7. The minimum atomic E-state index is -3.13. The number of carbonyl (C=O) groups excluding carboxylic acids is 1. The maximum Gasteiger partial charge on any atom is 0.254 e. The number of hydrogen-bond acceptors (Lipinski definition) is 4. The lowest BCUT2D eigenvalue weighted by Crippen LogP contribution is -2.40. The first-order valence-corrected chi connectivity index (χ1v) is 13.5. The van der Waals surface area contributed by atoms with E-state index in [0.717, 1.165) is 41.3 Å². The topological polar surface area (TPSA) is 63.7 Å². The van der Waals surface area contributed by atoms with Gasteiger partial charge in [-0.1, -0.05) is 62.2 Å². The molecule has 4 rings (SSSR count). The average molecular weight is 466 g/mol. The van der Waals surface area contributed by atoms with Gasteiger partial charge in [0.15, 0.2) is 9.84 Å². The van der Waals surface area contributed by atoms with Gasteiger partial charge in [-0.25, -0.2) is 8.42 Å². The van der Waals surface area contributed by atoms with Gasteiger partial charge >= 0.3 is 0 Å². The Kier molecular flexibility index (Phi) is 7.33. The van der Waals surface area contributed by atoms with E-state index in [1.165, 1.54) is 0 Å². The number of fused-ring (bicyclic) bond motifs is 1. The Bertz CT molecular complexity index is 1200. The Morgan fingerprint density at radius 1 is 1.00 bits per heavy atom. The number of amides is 1. The Morgan fingerprint density at radius 3 is 2.48 bits per heavy atom. The predicted molar refractivity (Wildman–Crippen MR) is 132 cm³/mol. The Labute approximate surface area is 196 Å². The lowest BCUT2D eigenvalue weighted by Gasteiger charge is -2.29. The smallest absolute Gasteiger partial charge is 0.254 e. The van der Waals surface area contributed by atoms with Crippen LogP contribution >= 0.6 is 0 Å². The van der Waals surface area contributed by atoms with Crippen LogP contribution in [0, 0.1) is 0 Å². The summed E-state index contributed by atoms with van der Waals surface area (Å²) in [7, 11) is -3.13. The molecule has 1 atom stereocenters. The summed E-state index contributed by atoms with van der Waals surface area (Å²) in [5, 5.41) is 2.18. The number of rotatable bonds is 9. The van der Waals surface area contributed by atoms with Crippen molar-refractivity contribution in [2.24, 2.45) is 0 Å². The van der Waals surface area contributed by atoms with E-state index in [1.54, 1.807) is 17.0 Å². The minimum absolute atomic E-state index is 0.0160. The maximum atomic E-state index is 13.6. The summed E-state index contributed by atoms with van der Waals surface area (Å²) in [5.74, 6) is 0.734. The highest BCUT2D eigenvalue weighted by atomic mass is 32.2. The molecule has 1 fully saturated rings.